The van der Waals surface area contributed by atoms with E-state index in [9.17, 15) is 4.79 Å². The van der Waals surface area contributed by atoms with Gasteiger partial charge in [0.05, 0.1) is 0 Å². The monoisotopic (exact) mass is 333 g/mol. The van der Waals surface area contributed by atoms with Crippen LogP contribution in [0.3, 0.4) is 0 Å². The average Bonchev–Trinajstić information content (AvgIpc) is 2.92. The minimum Gasteiger partial charge on any atom is -0.348 e. The summed E-state index contributed by atoms with van der Waals surface area (Å²) in [5.41, 5.74) is 8.79. The molecule has 5 heteroatoms. The van der Waals surface area contributed by atoms with Crippen molar-refractivity contribution in [2.75, 3.05) is 0 Å². The SMILES string of the molecule is Cl.Cn1c(C(=O)NC2CCC(N)CC2)ccc1-c1ccccc1. The Balaban J connectivity index is 0.00000192. The molecule has 0 saturated heterocycles. The van der Waals surface area contributed by atoms with Crippen molar-refractivity contribution in [2.24, 2.45) is 12.8 Å². The second kappa shape index (κ2) is 7.66. The molecule has 4 nitrogen and oxygen atoms in total. The van der Waals surface area contributed by atoms with Crippen LogP contribution in [0.1, 0.15) is 36.2 Å². The van der Waals surface area contributed by atoms with Gasteiger partial charge in [-0.1, -0.05) is 30.3 Å². The van der Waals surface area contributed by atoms with Crippen LogP contribution in [0.4, 0.5) is 0 Å². The summed E-state index contributed by atoms with van der Waals surface area (Å²) in [5.74, 6) is 0.00477. The molecule has 23 heavy (non-hydrogen) atoms. The maximum absolute atomic E-state index is 12.5. The molecule has 3 rings (SSSR count). The number of carbonyl (C=O) groups excluding carboxylic acids is 1. The predicted molar refractivity (Wildman–Crippen MR) is 95.8 cm³/mol. The van der Waals surface area contributed by atoms with E-state index >= 15 is 0 Å². The molecule has 1 aromatic carbocycles. The van der Waals surface area contributed by atoms with Gasteiger partial charge < -0.3 is 15.6 Å². The molecule has 1 fully saturated rings. The van der Waals surface area contributed by atoms with Gasteiger partial charge in [0.15, 0.2) is 0 Å². The van der Waals surface area contributed by atoms with Crippen molar-refractivity contribution >= 4 is 18.3 Å². The number of rotatable bonds is 3. The number of aromatic nitrogens is 1. The third-order valence-electron chi connectivity index (χ3n) is 4.53. The van der Waals surface area contributed by atoms with E-state index in [-0.39, 0.29) is 24.4 Å². The van der Waals surface area contributed by atoms with Crippen LogP contribution in [0.15, 0.2) is 42.5 Å². The number of nitrogens with zero attached hydrogens (tertiary/aromatic N) is 1. The number of nitrogens with one attached hydrogen (secondary N) is 1. The first-order valence-electron chi connectivity index (χ1n) is 7.92. The Kier molecular flexibility index (Phi) is 5.85. The Labute approximate surface area is 143 Å². The number of hydrogen-bond acceptors (Lipinski definition) is 2. The van der Waals surface area contributed by atoms with Gasteiger partial charge in [-0.2, -0.15) is 0 Å². The van der Waals surface area contributed by atoms with Crippen LogP contribution < -0.4 is 11.1 Å². The van der Waals surface area contributed by atoms with Crippen LogP contribution in [0.2, 0.25) is 0 Å². The summed E-state index contributed by atoms with van der Waals surface area (Å²) in [6.45, 7) is 0. The summed E-state index contributed by atoms with van der Waals surface area (Å²) in [6.07, 6.45) is 3.94. The molecule has 2 aromatic rings. The molecule has 0 atom stereocenters. The molecule has 3 N–H and O–H groups in total. The van der Waals surface area contributed by atoms with Crippen LogP contribution in [0.5, 0.6) is 0 Å². The standard InChI is InChI=1S/C18H23N3O.ClH/c1-21-16(13-5-3-2-4-6-13)11-12-17(21)18(22)20-15-9-7-14(19)8-10-15;/h2-6,11-12,14-15H,7-10,19H2,1H3,(H,20,22);1H. The second-order valence-electron chi connectivity index (χ2n) is 6.11. The maximum Gasteiger partial charge on any atom is 0.268 e. The molecular weight excluding hydrogens is 310 g/mol. The topological polar surface area (TPSA) is 60.0 Å². The van der Waals surface area contributed by atoms with Gasteiger partial charge in [0.1, 0.15) is 5.69 Å². The lowest BCUT2D eigenvalue weighted by Crippen LogP contribution is -2.40. The van der Waals surface area contributed by atoms with E-state index in [0.29, 0.717) is 11.7 Å². The second-order valence-corrected chi connectivity index (χ2v) is 6.11. The number of hydrogen-bond donors (Lipinski definition) is 2. The largest absolute Gasteiger partial charge is 0.348 e. The molecule has 0 radical (unpaired) electrons. The van der Waals surface area contributed by atoms with E-state index in [0.717, 1.165) is 36.9 Å². The summed E-state index contributed by atoms with van der Waals surface area (Å²) in [4.78, 5) is 12.5. The van der Waals surface area contributed by atoms with Crippen LogP contribution in [0, 0.1) is 0 Å². The van der Waals surface area contributed by atoms with Gasteiger partial charge >= 0.3 is 0 Å². The van der Waals surface area contributed by atoms with E-state index in [1.165, 1.54) is 0 Å². The Morgan fingerprint density at radius 3 is 2.39 bits per heavy atom. The highest BCUT2D eigenvalue weighted by molar-refractivity contribution is 5.94. The number of benzene rings is 1. The highest BCUT2D eigenvalue weighted by atomic mass is 35.5. The van der Waals surface area contributed by atoms with Gasteiger partial charge in [-0.15, -0.1) is 12.4 Å². The number of nitrogens with two attached hydrogens (primary N) is 1. The number of amides is 1. The van der Waals surface area contributed by atoms with Gasteiger partial charge in [-0.3, -0.25) is 4.79 Å². The van der Waals surface area contributed by atoms with Crippen molar-refractivity contribution in [3.8, 4) is 11.3 Å². The van der Waals surface area contributed by atoms with Crippen molar-refractivity contribution in [1.82, 2.24) is 9.88 Å². The fraction of sp³-hybridized carbons (Fsp3) is 0.389. The molecule has 124 valence electrons. The molecule has 1 aliphatic rings. The van der Waals surface area contributed by atoms with E-state index in [4.69, 9.17) is 5.73 Å². The van der Waals surface area contributed by atoms with Crippen LogP contribution >= 0.6 is 12.4 Å². The molecule has 1 amide bonds. The minimum atomic E-state index is 0. The first-order chi connectivity index (χ1) is 10.6. The molecule has 0 spiro atoms. The van der Waals surface area contributed by atoms with Crippen LogP contribution in [-0.2, 0) is 7.05 Å². The molecular formula is C18H24ClN3O. The zero-order chi connectivity index (χ0) is 15.5. The van der Waals surface area contributed by atoms with E-state index in [2.05, 4.69) is 17.4 Å². The fourth-order valence-corrected chi connectivity index (χ4v) is 3.16. The normalized spacial score (nSPS) is 20.6. The van der Waals surface area contributed by atoms with Crippen molar-refractivity contribution in [1.29, 1.82) is 0 Å². The number of halogens is 1. The lowest BCUT2D eigenvalue weighted by atomic mass is 9.92. The Hall–Kier alpha value is -1.78. The number of carbonyl (C=O) groups is 1. The Bertz CT molecular complexity index is 646. The molecule has 1 heterocycles. The minimum absolute atomic E-state index is 0. The van der Waals surface area contributed by atoms with E-state index in [1.54, 1.807) is 0 Å². The quantitative estimate of drug-likeness (QED) is 0.906. The highest BCUT2D eigenvalue weighted by Gasteiger charge is 2.22. The summed E-state index contributed by atoms with van der Waals surface area (Å²) >= 11 is 0. The maximum atomic E-state index is 12.5. The lowest BCUT2D eigenvalue weighted by Gasteiger charge is -2.26. The Morgan fingerprint density at radius 2 is 1.74 bits per heavy atom. The van der Waals surface area contributed by atoms with E-state index in [1.807, 2.05) is 41.9 Å². The molecule has 0 bridgehead atoms. The van der Waals surface area contributed by atoms with E-state index < -0.39 is 0 Å². The third-order valence-corrected chi connectivity index (χ3v) is 4.53. The summed E-state index contributed by atoms with van der Waals surface area (Å²) in [7, 11) is 1.94. The molecule has 1 aromatic heterocycles. The van der Waals surface area contributed by atoms with Gasteiger partial charge in [0.25, 0.3) is 5.91 Å². The third kappa shape index (κ3) is 3.95. The van der Waals surface area contributed by atoms with Crippen molar-refractivity contribution in [2.45, 2.75) is 37.8 Å². The smallest absolute Gasteiger partial charge is 0.268 e. The zero-order valence-corrected chi connectivity index (χ0v) is 14.2. The Morgan fingerprint density at radius 1 is 1.09 bits per heavy atom. The average molecular weight is 334 g/mol. The lowest BCUT2D eigenvalue weighted by molar-refractivity contribution is 0.0918. The predicted octanol–water partition coefficient (Wildman–Crippen LogP) is 3.11. The first-order valence-corrected chi connectivity index (χ1v) is 7.92. The van der Waals surface area contributed by atoms with Crippen LogP contribution in [0.25, 0.3) is 11.3 Å². The van der Waals surface area contributed by atoms with Crippen LogP contribution in [-0.4, -0.2) is 22.6 Å². The van der Waals surface area contributed by atoms with Gasteiger partial charge in [0.2, 0.25) is 0 Å². The first kappa shape index (κ1) is 17.6. The molecule has 1 aliphatic carbocycles. The molecule has 1 saturated carbocycles. The van der Waals surface area contributed by atoms with Gasteiger partial charge in [0, 0.05) is 24.8 Å². The fourth-order valence-electron chi connectivity index (χ4n) is 3.16. The summed E-state index contributed by atoms with van der Waals surface area (Å²) in [5, 5.41) is 3.15. The van der Waals surface area contributed by atoms with Crippen molar-refractivity contribution in [3.63, 3.8) is 0 Å². The van der Waals surface area contributed by atoms with Gasteiger partial charge in [-0.25, -0.2) is 0 Å². The van der Waals surface area contributed by atoms with Gasteiger partial charge in [-0.05, 0) is 43.4 Å². The summed E-state index contributed by atoms with van der Waals surface area (Å²) < 4.78 is 1.96. The molecule has 0 aliphatic heterocycles. The highest BCUT2D eigenvalue weighted by Crippen LogP contribution is 2.22. The van der Waals surface area contributed by atoms with Crippen molar-refractivity contribution < 1.29 is 4.79 Å². The zero-order valence-electron chi connectivity index (χ0n) is 13.4. The van der Waals surface area contributed by atoms with Crippen molar-refractivity contribution in [3.05, 3.63) is 48.2 Å². The molecule has 0 unspecified atom stereocenters. The summed E-state index contributed by atoms with van der Waals surface area (Å²) in [6, 6.07) is 14.6.